The van der Waals surface area contributed by atoms with Gasteiger partial charge < -0.3 is 5.11 Å². The second-order valence-corrected chi connectivity index (χ2v) is 6.03. The quantitative estimate of drug-likeness (QED) is 0.408. The second-order valence-electron chi connectivity index (χ2n) is 6.03. The van der Waals surface area contributed by atoms with Crippen LogP contribution in [0.25, 0.3) is 11.1 Å². The normalized spacial score (nSPS) is 13.1. The Bertz CT molecular complexity index is 1170. The van der Waals surface area contributed by atoms with Crippen molar-refractivity contribution in [1.82, 2.24) is 0 Å². The van der Waals surface area contributed by atoms with Crippen LogP contribution in [0.2, 0.25) is 0 Å². The van der Waals surface area contributed by atoms with E-state index in [1.807, 2.05) is 30.3 Å². The minimum Gasteiger partial charge on any atom is -0.507 e. The molecule has 0 amide bonds. The lowest BCUT2D eigenvalue weighted by molar-refractivity contribution is -0.393. The Balaban J connectivity index is 1.81. The number of anilines is 1. The zero-order valence-corrected chi connectivity index (χ0v) is 14.2. The summed E-state index contributed by atoms with van der Waals surface area (Å²) in [4.78, 5) is 20.7. The molecule has 0 spiro atoms. The first-order chi connectivity index (χ1) is 13.5. The summed E-state index contributed by atoms with van der Waals surface area (Å²) < 4.78 is 0. The number of benzene rings is 3. The Morgan fingerprint density at radius 3 is 2.29 bits per heavy atom. The highest BCUT2D eigenvalue weighted by molar-refractivity contribution is 6.26. The Hall–Kier alpha value is -4.27. The summed E-state index contributed by atoms with van der Waals surface area (Å²) in [6.07, 6.45) is 0. The first kappa shape index (κ1) is 17.2. The maximum atomic E-state index is 11.3. The van der Waals surface area contributed by atoms with Crippen molar-refractivity contribution < 1.29 is 15.0 Å². The van der Waals surface area contributed by atoms with Crippen LogP contribution in [0.4, 0.5) is 17.1 Å². The lowest BCUT2D eigenvalue weighted by Gasteiger charge is -2.06. The third-order valence-electron chi connectivity index (χ3n) is 4.43. The predicted molar refractivity (Wildman–Crippen MR) is 103 cm³/mol. The van der Waals surface area contributed by atoms with Gasteiger partial charge in [-0.15, -0.1) is 0 Å². The Morgan fingerprint density at radius 1 is 0.857 bits per heavy atom. The van der Waals surface area contributed by atoms with Crippen molar-refractivity contribution in [3.8, 4) is 16.9 Å². The number of hydrogen-bond donors (Lipinski definition) is 2. The van der Waals surface area contributed by atoms with Gasteiger partial charge in [0.1, 0.15) is 17.1 Å². The van der Waals surface area contributed by atoms with Crippen molar-refractivity contribution in [1.29, 1.82) is 0 Å². The van der Waals surface area contributed by atoms with Gasteiger partial charge in [-0.2, -0.15) is 5.10 Å². The average molecular weight is 376 g/mol. The van der Waals surface area contributed by atoms with Crippen LogP contribution in [-0.2, 0) is 0 Å². The Kier molecular flexibility index (Phi) is 3.96. The van der Waals surface area contributed by atoms with E-state index in [0.29, 0.717) is 11.3 Å². The molecule has 0 saturated heterocycles. The molecule has 138 valence electrons. The first-order valence-corrected chi connectivity index (χ1v) is 8.16. The van der Waals surface area contributed by atoms with Crippen molar-refractivity contribution >= 4 is 22.8 Å². The molecule has 0 aromatic heterocycles. The molecular formula is C19H12N4O5. The van der Waals surface area contributed by atoms with Crippen LogP contribution in [0.15, 0.2) is 65.8 Å². The molecule has 28 heavy (non-hydrogen) atoms. The number of hydrogen-bond acceptors (Lipinski definition) is 7. The highest BCUT2D eigenvalue weighted by atomic mass is 16.6. The number of phenols is 1. The fourth-order valence-corrected chi connectivity index (χ4v) is 3.18. The van der Waals surface area contributed by atoms with Crippen LogP contribution in [-0.4, -0.2) is 20.7 Å². The first-order valence-electron chi connectivity index (χ1n) is 8.16. The summed E-state index contributed by atoms with van der Waals surface area (Å²) in [5.74, 6) is 0.0347. The number of rotatable bonds is 4. The van der Waals surface area contributed by atoms with E-state index in [4.69, 9.17) is 0 Å². The van der Waals surface area contributed by atoms with Crippen molar-refractivity contribution in [3.05, 3.63) is 92.0 Å². The smallest absolute Gasteiger partial charge is 0.301 e. The van der Waals surface area contributed by atoms with Gasteiger partial charge in [-0.1, -0.05) is 36.4 Å². The zero-order chi connectivity index (χ0) is 19.8. The molecule has 4 rings (SSSR count). The van der Waals surface area contributed by atoms with Gasteiger partial charge in [0.25, 0.3) is 5.69 Å². The molecule has 1 aliphatic rings. The molecule has 0 radical (unpaired) electrons. The van der Waals surface area contributed by atoms with Crippen molar-refractivity contribution in [2.24, 2.45) is 5.10 Å². The van der Waals surface area contributed by atoms with Gasteiger partial charge >= 0.3 is 5.69 Å². The molecule has 0 fully saturated rings. The van der Waals surface area contributed by atoms with E-state index >= 15 is 0 Å². The van der Waals surface area contributed by atoms with Crippen LogP contribution in [0.5, 0.6) is 5.75 Å². The molecule has 0 unspecified atom stereocenters. The summed E-state index contributed by atoms with van der Waals surface area (Å²) >= 11 is 0. The van der Waals surface area contributed by atoms with Gasteiger partial charge in [-0.3, -0.25) is 25.7 Å². The lowest BCUT2D eigenvalue weighted by atomic mass is 10.1. The third kappa shape index (κ3) is 2.71. The van der Waals surface area contributed by atoms with E-state index in [2.05, 4.69) is 10.5 Å². The van der Waals surface area contributed by atoms with Gasteiger partial charge in [0.05, 0.1) is 21.5 Å². The Morgan fingerprint density at radius 2 is 1.57 bits per heavy atom. The summed E-state index contributed by atoms with van der Waals surface area (Å²) in [7, 11) is 0. The topological polar surface area (TPSA) is 131 Å². The van der Waals surface area contributed by atoms with E-state index in [9.17, 15) is 25.3 Å². The van der Waals surface area contributed by atoms with Crippen LogP contribution in [0.1, 0.15) is 11.1 Å². The highest BCUT2D eigenvalue weighted by Gasteiger charge is 2.28. The molecule has 0 heterocycles. The number of nitrogens with zero attached hydrogens (tertiary/aromatic N) is 3. The van der Waals surface area contributed by atoms with Crippen LogP contribution in [0, 0.1) is 20.2 Å². The van der Waals surface area contributed by atoms with Crippen LogP contribution < -0.4 is 5.43 Å². The zero-order valence-electron chi connectivity index (χ0n) is 14.2. The molecular weight excluding hydrogens is 364 g/mol. The lowest BCUT2D eigenvalue weighted by Crippen LogP contribution is -2.04. The number of phenolic OH excluding ortho intramolecular Hbond substituents is 1. The summed E-state index contributed by atoms with van der Waals surface area (Å²) in [5.41, 5.74) is 5.15. The Labute approximate surface area is 157 Å². The van der Waals surface area contributed by atoms with E-state index in [-0.39, 0.29) is 17.1 Å². The molecule has 9 heteroatoms. The standard InChI is InChI=1S/C19H12N4O5/c24-17-7-3-6-13-12-4-1-2-5-14(12)19(18(13)17)21-20-15-9-8-11(22(25)26)10-16(15)23(27)28/h1-10,20,24H. The van der Waals surface area contributed by atoms with Gasteiger partial charge in [0.2, 0.25) is 0 Å². The number of hydrazone groups is 1. The minimum atomic E-state index is -0.719. The van der Waals surface area contributed by atoms with Crippen molar-refractivity contribution in [3.63, 3.8) is 0 Å². The maximum Gasteiger partial charge on any atom is 0.301 e. The maximum absolute atomic E-state index is 11.3. The fourth-order valence-electron chi connectivity index (χ4n) is 3.18. The predicted octanol–water partition coefficient (Wildman–Crippen LogP) is 4.05. The number of non-ortho nitro benzene ring substituents is 1. The van der Waals surface area contributed by atoms with Gasteiger partial charge in [0, 0.05) is 11.6 Å². The average Bonchev–Trinajstić information content (AvgIpc) is 3.01. The molecule has 1 aliphatic carbocycles. The monoisotopic (exact) mass is 376 g/mol. The summed E-state index contributed by atoms with van der Waals surface area (Å²) in [5, 5.41) is 36.8. The molecule has 3 aromatic rings. The van der Waals surface area contributed by atoms with E-state index < -0.39 is 15.5 Å². The SMILES string of the molecule is O=[N+]([O-])c1ccc(NN=C2c3ccccc3-c3cccc(O)c32)c([N+](=O)[O-])c1. The van der Waals surface area contributed by atoms with E-state index in [0.717, 1.165) is 28.8 Å². The number of nitro groups is 2. The molecule has 9 nitrogen and oxygen atoms in total. The number of fused-ring (bicyclic) bond motifs is 3. The summed E-state index contributed by atoms with van der Waals surface area (Å²) in [6.45, 7) is 0. The third-order valence-corrected chi connectivity index (χ3v) is 4.43. The molecule has 0 atom stereocenters. The van der Waals surface area contributed by atoms with Gasteiger partial charge in [-0.05, 0) is 23.3 Å². The summed E-state index contributed by atoms with van der Waals surface area (Å²) in [6, 6.07) is 15.8. The number of nitro benzene ring substituents is 2. The molecule has 0 bridgehead atoms. The fraction of sp³-hybridized carbons (Fsp3) is 0. The highest BCUT2D eigenvalue weighted by Crippen LogP contribution is 2.41. The van der Waals surface area contributed by atoms with Crippen molar-refractivity contribution in [2.45, 2.75) is 0 Å². The number of nitrogens with one attached hydrogen (secondary N) is 1. The van der Waals surface area contributed by atoms with Crippen LogP contribution >= 0.6 is 0 Å². The molecule has 3 aromatic carbocycles. The second kappa shape index (κ2) is 6.47. The molecule has 0 aliphatic heterocycles. The van der Waals surface area contributed by atoms with Crippen molar-refractivity contribution in [2.75, 3.05) is 5.43 Å². The molecule has 0 saturated carbocycles. The van der Waals surface area contributed by atoms with E-state index in [1.54, 1.807) is 6.07 Å². The van der Waals surface area contributed by atoms with Gasteiger partial charge in [0.15, 0.2) is 0 Å². The molecule has 2 N–H and O–H groups in total. The van der Waals surface area contributed by atoms with E-state index in [1.165, 1.54) is 12.1 Å². The number of aromatic hydroxyl groups is 1. The van der Waals surface area contributed by atoms with Gasteiger partial charge in [-0.25, -0.2) is 0 Å². The largest absolute Gasteiger partial charge is 0.507 e. The van der Waals surface area contributed by atoms with Crippen LogP contribution in [0.3, 0.4) is 0 Å². The minimum absolute atomic E-state index is 0.00412.